The fraction of sp³-hybridized carbons (Fsp3) is 0.500. The zero-order valence-corrected chi connectivity index (χ0v) is 12.0. The number of piperidine rings is 1. The van der Waals surface area contributed by atoms with E-state index in [0.29, 0.717) is 5.92 Å². The number of benzene rings is 1. The van der Waals surface area contributed by atoms with Crippen LogP contribution in [0.3, 0.4) is 0 Å². The zero-order chi connectivity index (χ0) is 13.9. The van der Waals surface area contributed by atoms with Crippen molar-refractivity contribution < 1.29 is 9.79 Å². The monoisotopic (exact) mass is 272 g/mol. The van der Waals surface area contributed by atoms with Crippen LogP contribution in [0.15, 0.2) is 18.2 Å². The Labute approximate surface area is 119 Å². The molecule has 106 valence electrons. The fourth-order valence-electron chi connectivity index (χ4n) is 3.11. The summed E-state index contributed by atoms with van der Waals surface area (Å²) >= 11 is 0. The normalized spacial score (nSPS) is 22.2. The summed E-state index contributed by atoms with van der Waals surface area (Å²) in [5.74, 6) is 0.630. The third kappa shape index (κ3) is 2.75. The maximum absolute atomic E-state index is 11.5. The van der Waals surface area contributed by atoms with Crippen molar-refractivity contribution in [3.05, 3.63) is 29.3 Å². The van der Waals surface area contributed by atoms with Gasteiger partial charge in [-0.25, -0.2) is 4.99 Å². The highest BCUT2D eigenvalue weighted by Gasteiger charge is 2.22. The highest BCUT2D eigenvalue weighted by atomic mass is 16.2. The first-order valence-electron chi connectivity index (χ1n) is 7.41. The number of hydrogen-bond acceptors (Lipinski definition) is 2. The van der Waals surface area contributed by atoms with Gasteiger partial charge in [-0.3, -0.25) is 4.79 Å². The molecule has 0 saturated carbocycles. The van der Waals surface area contributed by atoms with Crippen molar-refractivity contribution in [3.8, 4) is 0 Å². The highest BCUT2D eigenvalue weighted by molar-refractivity contribution is 5.74. The van der Waals surface area contributed by atoms with E-state index in [1.165, 1.54) is 16.8 Å². The second kappa shape index (κ2) is 5.75. The van der Waals surface area contributed by atoms with Crippen molar-refractivity contribution in [1.29, 1.82) is 0 Å². The summed E-state index contributed by atoms with van der Waals surface area (Å²) in [7, 11) is 0. The molecule has 1 unspecified atom stereocenters. The van der Waals surface area contributed by atoms with Crippen LogP contribution in [0.25, 0.3) is 0 Å². The Kier molecular flexibility index (Phi) is 3.83. The zero-order valence-electron chi connectivity index (χ0n) is 12.0. The molecule has 1 aromatic rings. The minimum Gasteiger partial charge on any atom is -0.342 e. The van der Waals surface area contributed by atoms with E-state index in [1.807, 2.05) is 4.90 Å². The summed E-state index contributed by atoms with van der Waals surface area (Å²) in [6.07, 6.45) is 4.42. The second-order valence-electron chi connectivity index (χ2n) is 5.73. The first-order valence-corrected chi connectivity index (χ1v) is 7.41. The van der Waals surface area contributed by atoms with Crippen LogP contribution >= 0.6 is 0 Å². The smallest absolute Gasteiger partial charge is 0.219 e. The molecule has 1 amide bonds. The van der Waals surface area contributed by atoms with Crippen molar-refractivity contribution in [3.63, 3.8) is 0 Å². The molecule has 1 aromatic carbocycles. The van der Waals surface area contributed by atoms with Crippen molar-refractivity contribution in [2.45, 2.75) is 32.9 Å². The van der Waals surface area contributed by atoms with Gasteiger partial charge in [0.1, 0.15) is 6.21 Å². The van der Waals surface area contributed by atoms with Crippen LogP contribution in [0.4, 0.5) is 5.69 Å². The Morgan fingerprint density at radius 2 is 2.35 bits per heavy atom. The molecular weight excluding hydrogens is 250 g/mol. The van der Waals surface area contributed by atoms with Gasteiger partial charge in [-0.15, -0.1) is 0 Å². The SMILES string of the molecule is CC(=O)N1CCCC(C=[NH+]c2cccc3c2CNC3)C1. The Hall–Kier alpha value is -1.68. The lowest BCUT2D eigenvalue weighted by molar-refractivity contribution is -0.351. The van der Waals surface area contributed by atoms with Gasteiger partial charge in [0.25, 0.3) is 0 Å². The summed E-state index contributed by atoms with van der Waals surface area (Å²) < 4.78 is 0. The van der Waals surface area contributed by atoms with Gasteiger partial charge in [-0.1, -0.05) is 12.1 Å². The van der Waals surface area contributed by atoms with Crippen molar-refractivity contribution >= 4 is 17.8 Å². The molecule has 2 aliphatic rings. The molecule has 4 nitrogen and oxygen atoms in total. The quantitative estimate of drug-likeness (QED) is 0.762. The molecule has 1 atom stereocenters. The van der Waals surface area contributed by atoms with Gasteiger partial charge in [0.15, 0.2) is 0 Å². The van der Waals surface area contributed by atoms with Crippen LogP contribution in [0.2, 0.25) is 0 Å². The molecule has 0 bridgehead atoms. The van der Waals surface area contributed by atoms with Crippen LogP contribution in [0.1, 0.15) is 30.9 Å². The second-order valence-corrected chi connectivity index (χ2v) is 5.73. The minimum atomic E-state index is 0.188. The molecule has 1 saturated heterocycles. The molecule has 1 fully saturated rings. The topological polar surface area (TPSA) is 46.3 Å². The predicted molar refractivity (Wildman–Crippen MR) is 78.7 cm³/mol. The number of nitrogens with one attached hydrogen (secondary N) is 2. The van der Waals surface area contributed by atoms with E-state index >= 15 is 0 Å². The molecule has 2 aliphatic heterocycles. The van der Waals surface area contributed by atoms with Gasteiger partial charge < -0.3 is 10.2 Å². The first kappa shape index (κ1) is 13.3. The van der Waals surface area contributed by atoms with Gasteiger partial charge in [0, 0.05) is 44.7 Å². The van der Waals surface area contributed by atoms with Crippen LogP contribution in [-0.4, -0.2) is 30.1 Å². The predicted octanol–water partition coefficient (Wildman–Crippen LogP) is 0.331. The Bertz CT molecular complexity index is 539. The average molecular weight is 272 g/mol. The number of carbonyl (C=O) groups is 1. The number of nitrogens with zero attached hydrogens (tertiary/aromatic N) is 1. The molecule has 20 heavy (non-hydrogen) atoms. The molecule has 3 rings (SSSR count). The number of hydrogen-bond donors (Lipinski definition) is 2. The molecule has 0 aliphatic carbocycles. The Balaban J connectivity index is 1.71. The van der Waals surface area contributed by atoms with Gasteiger partial charge >= 0.3 is 0 Å². The third-order valence-corrected chi connectivity index (χ3v) is 4.27. The molecule has 2 heterocycles. The maximum Gasteiger partial charge on any atom is 0.219 e. The Morgan fingerprint density at radius 3 is 3.20 bits per heavy atom. The van der Waals surface area contributed by atoms with E-state index in [2.05, 4.69) is 34.7 Å². The van der Waals surface area contributed by atoms with Crippen LogP contribution in [0.5, 0.6) is 0 Å². The fourth-order valence-corrected chi connectivity index (χ4v) is 3.11. The average Bonchev–Trinajstić information content (AvgIpc) is 2.94. The van der Waals surface area contributed by atoms with Crippen molar-refractivity contribution in [1.82, 2.24) is 10.2 Å². The van der Waals surface area contributed by atoms with Gasteiger partial charge in [-0.05, 0) is 18.4 Å². The summed E-state index contributed by atoms with van der Waals surface area (Å²) in [6, 6.07) is 6.41. The molecule has 4 heteroatoms. The molecule has 0 aromatic heterocycles. The molecule has 2 N–H and O–H groups in total. The van der Waals surface area contributed by atoms with E-state index in [1.54, 1.807) is 6.92 Å². The summed E-state index contributed by atoms with van der Waals surface area (Å²) in [5, 5.41) is 3.38. The van der Waals surface area contributed by atoms with Crippen LogP contribution in [-0.2, 0) is 17.9 Å². The van der Waals surface area contributed by atoms with Crippen molar-refractivity contribution in [2.75, 3.05) is 13.1 Å². The number of rotatable bonds is 2. The van der Waals surface area contributed by atoms with Gasteiger partial charge in [-0.2, -0.15) is 0 Å². The lowest BCUT2D eigenvalue weighted by Crippen LogP contribution is -2.64. The molecule has 0 spiro atoms. The first-order chi connectivity index (χ1) is 9.74. The largest absolute Gasteiger partial charge is 0.342 e. The number of carbonyl (C=O) groups excluding carboxylic acids is 1. The van der Waals surface area contributed by atoms with Crippen molar-refractivity contribution in [2.24, 2.45) is 5.92 Å². The van der Waals surface area contributed by atoms with E-state index in [0.717, 1.165) is 39.0 Å². The number of fused-ring (bicyclic) bond motifs is 1. The van der Waals surface area contributed by atoms with Gasteiger partial charge in [0.05, 0.1) is 5.92 Å². The Morgan fingerprint density at radius 1 is 1.45 bits per heavy atom. The van der Waals surface area contributed by atoms with E-state index in [9.17, 15) is 4.79 Å². The van der Waals surface area contributed by atoms with E-state index in [4.69, 9.17) is 0 Å². The number of amides is 1. The summed E-state index contributed by atoms with van der Waals surface area (Å²) in [4.78, 5) is 16.9. The van der Waals surface area contributed by atoms with Crippen LogP contribution < -0.4 is 10.3 Å². The summed E-state index contributed by atoms with van der Waals surface area (Å²) in [6.45, 7) is 5.31. The minimum absolute atomic E-state index is 0.188. The lowest BCUT2D eigenvalue weighted by atomic mass is 9.99. The number of likely N-dealkylation sites (tertiary alicyclic amines) is 1. The van der Waals surface area contributed by atoms with E-state index < -0.39 is 0 Å². The molecular formula is C16H22N3O+. The maximum atomic E-state index is 11.5. The third-order valence-electron chi connectivity index (χ3n) is 4.27. The molecule has 0 radical (unpaired) electrons. The van der Waals surface area contributed by atoms with Gasteiger partial charge in [0.2, 0.25) is 11.6 Å². The van der Waals surface area contributed by atoms with Crippen LogP contribution in [0, 0.1) is 5.92 Å². The summed E-state index contributed by atoms with van der Waals surface area (Å²) in [5.41, 5.74) is 3.97. The van der Waals surface area contributed by atoms with E-state index in [-0.39, 0.29) is 5.91 Å². The standard InChI is InChI=1S/C16H21N3O/c1-12(20)19-7-3-4-13(11-19)8-18-16-6-2-5-14-9-17-10-15(14)16/h2,5-6,8,13,17H,3-4,7,9-11H2,1H3/p+1. The lowest BCUT2D eigenvalue weighted by Gasteiger charge is -2.28. The highest BCUT2D eigenvalue weighted by Crippen LogP contribution is 2.20.